The highest BCUT2D eigenvalue weighted by atomic mass is 35.5. The van der Waals surface area contributed by atoms with Gasteiger partial charge in [-0.2, -0.15) is 5.10 Å². The minimum absolute atomic E-state index is 0.228. The summed E-state index contributed by atoms with van der Waals surface area (Å²) in [5, 5.41) is 5.16. The summed E-state index contributed by atoms with van der Waals surface area (Å²) in [5.41, 5.74) is 2.34. The number of hydrogen-bond acceptors (Lipinski definition) is 5. The number of ether oxygens (including phenoxy) is 2. The molecular weight excluding hydrogens is 368 g/mol. The molecular formula is C20H15ClN2O4. The normalized spacial score (nSPS) is 16.2. The molecule has 27 heavy (non-hydrogen) atoms. The Morgan fingerprint density at radius 1 is 1.15 bits per heavy atom. The van der Waals surface area contributed by atoms with Crippen LogP contribution in [-0.2, 0) is 14.3 Å². The molecule has 0 amide bonds. The minimum Gasteiger partial charge on any atom is -0.463 e. The Labute approximate surface area is 160 Å². The predicted octanol–water partition coefficient (Wildman–Crippen LogP) is 3.67. The highest BCUT2D eigenvalue weighted by Gasteiger charge is 2.32. The quantitative estimate of drug-likeness (QED) is 0.644. The van der Waals surface area contributed by atoms with Crippen molar-refractivity contribution in [3.8, 4) is 16.9 Å². The first kappa shape index (κ1) is 17.3. The lowest BCUT2D eigenvalue weighted by Gasteiger charge is -2.10. The summed E-state index contributed by atoms with van der Waals surface area (Å²) in [5.74, 6) is -1.15. The minimum atomic E-state index is -0.879. The molecule has 6 nitrogen and oxygen atoms in total. The third-order valence-corrected chi connectivity index (χ3v) is 4.45. The van der Waals surface area contributed by atoms with Crippen molar-refractivity contribution in [1.82, 2.24) is 9.78 Å². The molecule has 1 aromatic heterocycles. The van der Waals surface area contributed by atoms with Crippen molar-refractivity contribution in [2.24, 2.45) is 0 Å². The Morgan fingerprint density at radius 2 is 1.89 bits per heavy atom. The maximum Gasteiger partial charge on any atom is 0.357 e. The fourth-order valence-electron chi connectivity index (χ4n) is 2.83. The average Bonchev–Trinajstić information content (AvgIpc) is 3.30. The highest BCUT2D eigenvalue weighted by molar-refractivity contribution is 6.30. The summed E-state index contributed by atoms with van der Waals surface area (Å²) in [6, 6.07) is 18.0. The zero-order valence-electron chi connectivity index (χ0n) is 14.2. The predicted molar refractivity (Wildman–Crippen MR) is 98.8 cm³/mol. The largest absolute Gasteiger partial charge is 0.463 e. The van der Waals surface area contributed by atoms with E-state index in [1.54, 1.807) is 18.2 Å². The van der Waals surface area contributed by atoms with Crippen molar-refractivity contribution < 1.29 is 19.1 Å². The van der Waals surface area contributed by atoms with Crippen LogP contribution in [0.5, 0.6) is 0 Å². The fourth-order valence-corrected chi connectivity index (χ4v) is 2.95. The van der Waals surface area contributed by atoms with E-state index in [1.807, 2.05) is 42.5 Å². The first-order valence-electron chi connectivity index (χ1n) is 8.41. The molecule has 1 fully saturated rings. The number of cyclic esters (lactones) is 1. The van der Waals surface area contributed by atoms with E-state index < -0.39 is 18.0 Å². The van der Waals surface area contributed by atoms with Gasteiger partial charge in [0.2, 0.25) is 6.10 Å². The Morgan fingerprint density at radius 3 is 2.56 bits per heavy atom. The van der Waals surface area contributed by atoms with Gasteiger partial charge >= 0.3 is 11.9 Å². The van der Waals surface area contributed by atoms with Gasteiger partial charge in [-0.25, -0.2) is 14.3 Å². The molecule has 7 heteroatoms. The number of hydrogen-bond donors (Lipinski definition) is 0. The SMILES string of the molecule is O=C(O[C@H]1CCOC1=O)c1cc(-c2ccc(Cl)cc2)nn1-c1ccccc1. The van der Waals surface area contributed by atoms with Crippen molar-refractivity contribution in [1.29, 1.82) is 0 Å². The van der Waals surface area contributed by atoms with Crippen molar-refractivity contribution >= 4 is 23.5 Å². The van der Waals surface area contributed by atoms with E-state index in [9.17, 15) is 9.59 Å². The Hall–Kier alpha value is -3.12. The lowest BCUT2D eigenvalue weighted by atomic mass is 10.1. The first-order valence-corrected chi connectivity index (χ1v) is 8.78. The van der Waals surface area contributed by atoms with Crippen LogP contribution in [0.2, 0.25) is 5.02 Å². The van der Waals surface area contributed by atoms with Crippen LogP contribution in [0.3, 0.4) is 0 Å². The smallest absolute Gasteiger partial charge is 0.357 e. The molecule has 0 spiro atoms. The summed E-state index contributed by atoms with van der Waals surface area (Å²) in [6.45, 7) is 0.255. The zero-order valence-corrected chi connectivity index (χ0v) is 14.9. The molecule has 1 saturated heterocycles. The Balaban J connectivity index is 1.73. The van der Waals surface area contributed by atoms with Gasteiger partial charge in [0.05, 0.1) is 18.0 Å². The van der Waals surface area contributed by atoms with Crippen LogP contribution in [0.25, 0.3) is 16.9 Å². The van der Waals surface area contributed by atoms with E-state index in [0.717, 1.165) is 5.56 Å². The number of carbonyl (C=O) groups excluding carboxylic acids is 2. The van der Waals surface area contributed by atoms with Crippen LogP contribution in [-0.4, -0.2) is 34.4 Å². The number of aromatic nitrogens is 2. The van der Waals surface area contributed by atoms with Crippen LogP contribution in [0.15, 0.2) is 60.7 Å². The molecule has 0 bridgehead atoms. The number of benzene rings is 2. The van der Waals surface area contributed by atoms with Crippen molar-refractivity contribution in [3.05, 3.63) is 71.4 Å². The van der Waals surface area contributed by atoms with E-state index in [4.69, 9.17) is 21.1 Å². The summed E-state index contributed by atoms with van der Waals surface area (Å²) in [4.78, 5) is 24.3. The molecule has 3 aromatic rings. The molecule has 4 rings (SSSR count). The summed E-state index contributed by atoms with van der Waals surface area (Å²) in [6.07, 6.45) is -0.524. The number of halogens is 1. The van der Waals surface area contributed by atoms with Gasteiger partial charge in [-0.15, -0.1) is 0 Å². The first-order chi connectivity index (χ1) is 13.1. The maximum atomic E-state index is 12.7. The Bertz CT molecular complexity index is 983. The fraction of sp³-hybridized carbons (Fsp3) is 0.150. The zero-order chi connectivity index (χ0) is 18.8. The average molecular weight is 383 g/mol. The third kappa shape index (κ3) is 3.57. The highest BCUT2D eigenvalue weighted by Crippen LogP contribution is 2.24. The van der Waals surface area contributed by atoms with Crippen molar-refractivity contribution in [2.45, 2.75) is 12.5 Å². The lowest BCUT2D eigenvalue weighted by Crippen LogP contribution is -2.24. The van der Waals surface area contributed by atoms with Gasteiger partial charge < -0.3 is 9.47 Å². The monoisotopic (exact) mass is 382 g/mol. The van der Waals surface area contributed by atoms with Gasteiger partial charge in [0.1, 0.15) is 0 Å². The molecule has 0 radical (unpaired) electrons. The molecule has 1 atom stereocenters. The summed E-state index contributed by atoms with van der Waals surface area (Å²) in [7, 11) is 0. The lowest BCUT2D eigenvalue weighted by molar-refractivity contribution is -0.145. The molecule has 0 N–H and O–H groups in total. The number of carbonyl (C=O) groups is 2. The molecule has 2 heterocycles. The van der Waals surface area contributed by atoms with Gasteiger partial charge in [-0.3, -0.25) is 0 Å². The van der Waals surface area contributed by atoms with Crippen molar-refractivity contribution in [2.75, 3.05) is 6.61 Å². The van der Waals surface area contributed by atoms with Crippen LogP contribution >= 0.6 is 11.6 Å². The number of esters is 2. The number of nitrogens with zero attached hydrogens (tertiary/aromatic N) is 2. The van der Waals surface area contributed by atoms with E-state index in [1.165, 1.54) is 4.68 Å². The van der Waals surface area contributed by atoms with Crippen LogP contribution in [0.1, 0.15) is 16.9 Å². The van der Waals surface area contributed by atoms with E-state index in [0.29, 0.717) is 22.8 Å². The molecule has 2 aromatic carbocycles. The van der Waals surface area contributed by atoms with Gasteiger partial charge in [-0.1, -0.05) is 41.9 Å². The third-order valence-electron chi connectivity index (χ3n) is 4.20. The molecule has 136 valence electrons. The molecule has 1 aliphatic rings. The van der Waals surface area contributed by atoms with Crippen LogP contribution in [0.4, 0.5) is 0 Å². The van der Waals surface area contributed by atoms with Gasteiger partial charge in [0, 0.05) is 17.0 Å². The Kier molecular flexibility index (Phi) is 4.64. The maximum absolute atomic E-state index is 12.7. The second kappa shape index (κ2) is 7.25. The number of rotatable bonds is 4. The van der Waals surface area contributed by atoms with Gasteiger partial charge in [0.25, 0.3) is 0 Å². The topological polar surface area (TPSA) is 70.4 Å². The second-order valence-corrected chi connectivity index (χ2v) is 6.46. The van der Waals surface area contributed by atoms with E-state index >= 15 is 0 Å². The molecule has 0 saturated carbocycles. The van der Waals surface area contributed by atoms with Crippen molar-refractivity contribution in [3.63, 3.8) is 0 Å². The molecule has 0 aliphatic carbocycles. The molecule has 1 aliphatic heterocycles. The van der Waals surface area contributed by atoms with Gasteiger partial charge in [0.15, 0.2) is 5.69 Å². The van der Waals surface area contributed by atoms with Gasteiger partial charge in [-0.05, 0) is 30.3 Å². The summed E-state index contributed by atoms with van der Waals surface area (Å²) < 4.78 is 11.7. The standard InChI is InChI=1S/C20H15ClN2O4/c21-14-8-6-13(7-9-14)16-12-17(19(24)27-18-10-11-26-20(18)25)23(22-16)15-4-2-1-3-5-15/h1-9,12,18H,10-11H2/t18-/m0/s1. The second-order valence-electron chi connectivity index (χ2n) is 6.02. The molecule has 0 unspecified atom stereocenters. The van der Waals surface area contributed by atoms with Crippen LogP contribution in [0, 0.1) is 0 Å². The van der Waals surface area contributed by atoms with Crippen LogP contribution < -0.4 is 0 Å². The number of para-hydroxylation sites is 1. The summed E-state index contributed by atoms with van der Waals surface area (Å²) >= 11 is 5.95. The van der Waals surface area contributed by atoms with E-state index in [-0.39, 0.29) is 12.3 Å². The van der Waals surface area contributed by atoms with E-state index in [2.05, 4.69) is 5.10 Å².